The normalized spacial score (nSPS) is 42.8. The molecule has 1 heterocycles. The zero-order chi connectivity index (χ0) is 14.6. The molecule has 3 rings (SSSR count). The summed E-state index contributed by atoms with van der Waals surface area (Å²) in [5, 5.41) is 3.78. The van der Waals surface area contributed by atoms with Crippen molar-refractivity contribution in [2.75, 3.05) is 6.54 Å². The van der Waals surface area contributed by atoms with Crippen LogP contribution in [0.3, 0.4) is 0 Å². The minimum Gasteiger partial charge on any atom is -0.372 e. The monoisotopic (exact) mass is 279 g/mol. The van der Waals surface area contributed by atoms with Crippen molar-refractivity contribution >= 4 is 0 Å². The predicted octanol–water partition coefficient (Wildman–Crippen LogP) is 4.14. The van der Waals surface area contributed by atoms with Crippen molar-refractivity contribution in [3.05, 3.63) is 0 Å². The van der Waals surface area contributed by atoms with E-state index in [9.17, 15) is 0 Å². The lowest BCUT2D eigenvalue weighted by atomic mass is 9.77. The lowest BCUT2D eigenvalue weighted by Crippen LogP contribution is -2.44. The first kappa shape index (κ1) is 14.8. The average molecular weight is 279 g/mol. The number of ether oxygens (including phenoxy) is 1. The van der Waals surface area contributed by atoms with Gasteiger partial charge in [0.2, 0.25) is 0 Å². The van der Waals surface area contributed by atoms with Crippen LogP contribution in [-0.4, -0.2) is 23.8 Å². The quantitative estimate of drug-likeness (QED) is 0.835. The summed E-state index contributed by atoms with van der Waals surface area (Å²) in [7, 11) is 0. The van der Waals surface area contributed by atoms with Crippen LogP contribution in [0.15, 0.2) is 0 Å². The van der Waals surface area contributed by atoms with Gasteiger partial charge in [-0.3, -0.25) is 0 Å². The van der Waals surface area contributed by atoms with Gasteiger partial charge in [-0.1, -0.05) is 0 Å². The molecular formula is C18H33NO. The van der Waals surface area contributed by atoms with Gasteiger partial charge in [0.1, 0.15) is 0 Å². The molecule has 3 fully saturated rings. The van der Waals surface area contributed by atoms with Crippen LogP contribution < -0.4 is 5.32 Å². The highest BCUT2D eigenvalue weighted by Gasteiger charge is 2.54. The second-order valence-corrected chi connectivity index (χ2v) is 9.51. The SMILES string of the molecule is CC(C)(C)NCC1(CC2CCC(C)(C)O2)CC2CC2C1. The van der Waals surface area contributed by atoms with E-state index < -0.39 is 0 Å². The van der Waals surface area contributed by atoms with E-state index in [2.05, 4.69) is 39.9 Å². The molecule has 0 spiro atoms. The largest absolute Gasteiger partial charge is 0.372 e. The van der Waals surface area contributed by atoms with Crippen molar-refractivity contribution in [1.29, 1.82) is 0 Å². The predicted molar refractivity (Wildman–Crippen MR) is 83.8 cm³/mol. The molecule has 2 aliphatic carbocycles. The summed E-state index contributed by atoms with van der Waals surface area (Å²) < 4.78 is 6.29. The average Bonchev–Trinajstić information content (AvgIpc) is 2.75. The maximum Gasteiger partial charge on any atom is 0.0631 e. The molecule has 1 aliphatic heterocycles. The molecule has 0 aromatic carbocycles. The molecule has 3 atom stereocenters. The van der Waals surface area contributed by atoms with E-state index in [0.717, 1.165) is 11.8 Å². The maximum absolute atomic E-state index is 6.29. The van der Waals surface area contributed by atoms with E-state index >= 15 is 0 Å². The van der Waals surface area contributed by atoms with Gasteiger partial charge in [0.05, 0.1) is 11.7 Å². The van der Waals surface area contributed by atoms with Crippen LogP contribution in [0.4, 0.5) is 0 Å². The number of nitrogens with one attached hydrogen (secondary N) is 1. The summed E-state index contributed by atoms with van der Waals surface area (Å²) in [4.78, 5) is 0. The first-order valence-electron chi connectivity index (χ1n) is 8.59. The lowest BCUT2D eigenvalue weighted by molar-refractivity contribution is -0.0372. The van der Waals surface area contributed by atoms with Gasteiger partial charge in [0, 0.05) is 12.1 Å². The fourth-order valence-electron chi connectivity index (χ4n) is 4.55. The molecule has 0 amide bonds. The lowest BCUT2D eigenvalue weighted by Gasteiger charge is -2.37. The van der Waals surface area contributed by atoms with Gasteiger partial charge in [0.15, 0.2) is 0 Å². The molecular weight excluding hydrogens is 246 g/mol. The third kappa shape index (κ3) is 3.39. The third-order valence-electron chi connectivity index (χ3n) is 5.67. The van der Waals surface area contributed by atoms with Gasteiger partial charge >= 0.3 is 0 Å². The van der Waals surface area contributed by atoms with Crippen LogP contribution in [0, 0.1) is 17.3 Å². The molecule has 116 valence electrons. The molecule has 20 heavy (non-hydrogen) atoms. The zero-order valence-electron chi connectivity index (χ0n) is 14.1. The Morgan fingerprint density at radius 1 is 1.15 bits per heavy atom. The van der Waals surface area contributed by atoms with E-state index in [4.69, 9.17) is 4.74 Å². The third-order valence-corrected chi connectivity index (χ3v) is 5.67. The van der Waals surface area contributed by atoms with Crippen LogP contribution in [0.5, 0.6) is 0 Å². The van der Waals surface area contributed by atoms with Gasteiger partial charge in [-0.05, 0) is 90.4 Å². The van der Waals surface area contributed by atoms with E-state index in [-0.39, 0.29) is 11.1 Å². The van der Waals surface area contributed by atoms with E-state index in [0.29, 0.717) is 11.5 Å². The highest BCUT2D eigenvalue weighted by atomic mass is 16.5. The second-order valence-electron chi connectivity index (χ2n) is 9.51. The zero-order valence-corrected chi connectivity index (χ0v) is 14.1. The van der Waals surface area contributed by atoms with Crippen LogP contribution in [0.2, 0.25) is 0 Å². The molecule has 1 N–H and O–H groups in total. The van der Waals surface area contributed by atoms with Gasteiger partial charge in [-0.25, -0.2) is 0 Å². The molecule has 0 radical (unpaired) electrons. The molecule has 2 saturated carbocycles. The van der Waals surface area contributed by atoms with Crippen molar-refractivity contribution in [1.82, 2.24) is 5.32 Å². The smallest absolute Gasteiger partial charge is 0.0631 e. The molecule has 0 aromatic heterocycles. The number of rotatable bonds is 4. The summed E-state index contributed by atoms with van der Waals surface area (Å²) >= 11 is 0. The minimum atomic E-state index is 0.116. The minimum absolute atomic E-state index is 0.116. The topological polar surface area (TPSA) is 21.3 Å². The Kier molecular flexibility index (Phi) is 3.49. The molecule has 1 saturated heterocycles. The van der Waals surface area contributed by atoms with Gasteiger partial charge < -0.3 is 10.1 Å². The standard InChI is InChI=1S/C18H33NO/c1-16(2,3)19-12-18(9-13-8-14(13)10-18)11-15-6-7-17(4,5)20-15/h13-15,19H,6-12H2,1-5H3. The van der Waals surface area contributed by atoms with Crippen LogP contribution in [0.25, 0.3) is 0 Å². The summed E-state index contributed by atoms with van der Waals surface area (Å²) in [5.74, 6) is 2.09. The molecule has 3 unspecified atom stereocenters. The molecule has 0 aromatic rings. The van der Waals surface area contributed by atoms with E-state index in [1.807, 2.05) is 0 Å². The van der Waals surface area contributed by atoms with Crippen molar-refractivity contribution in [2.45, 2.75) is 90.4 Å². The Bertz CT molecular complexity index is 358. The van der Waals surface area contributed by atoms with E-state index in [1.54, 1.807) is 0 Å². The van der Waals surface area contributed by atoms with Gasteiger partial charge in [-0.2, -0.15) is 0 Å². The number of hydrogen-bond donors (Lipinski definition) is 1. The Labute approximate surface area is 125 Å². The Hall–Kier alpha value is -0.0800. The maximum atomic E-state index is 6.29. The van der Waals surface area contributed by atoms with Crippen molar-refractivity contribution in [3.63, 3.8) is 0 Å². The van der Waals surface area contributed by atoms with Gasteiger partial charge in [-0.15, -0.1) is 0 Å². The summed E-state index contributed by atoms with van der Waals surface area (Å²) in [6.45, 7) is 12.5. The fourth-order valence-corrected chi connectivity index (χ4v) is 4.55. The van der Waals surface area contributed by atoms with Crippen LogP contribution in [-0.2, 0) is 4.74 Å². The molecule has 2 heteroatoms. The second kappa shape index (κ2) is 4.71. The molecule has 0 bridgehead atoms. The summed E-state index contributed by atoms with van der Waals surface area (Å²) in [6.07, 6.45) is 8.68. The molecule has 3 aliphatic rings. The highest BCUT2D eigenvalue weighted by molar-refractivity contribution is 5.06. The Morgan fingerprint density at radius 2 is 1.80 bits per heavy atom. The Balaban J connectivity index is 1.61. The van der Waals surface area contributed by atoms with Crippen LogP contribution >= 0.6 is 0 Å². The van der Waals surface area contributed by atoms with E-state index in [1.165, 1.54) is 45.1 Å². The fraction of sp³-hybridized carbons (Fsp3) is 1.00. The number of hydrogen-bond acceptors (Lipinski definition) is 2. The molecule has 2 nitrogen and oxygen atoms in total. The Morgan fingerprint density at radius 3 is 2.30 bits per heavy atom. The number of fused-ring (bicyclic) bond motifs is 1. The summed E-state index contributed by atoms with van der Waals surface area (Å²) in [6, 6.07) is 0. The van der Waals surface area contributed by atoms with Gasteiger partial charge in [0.25, 0.3) is 0 Å². The first-order valence-corrected chi connectivity index (χ1v) is 8.59. The highest BCUT2D eigenvalue weighted by Crippen LogP contribution is 2.61. The van der Waals surface area contributed by atoms with Crippen molar-refractivity contribution < 1.29 is 4.74 Å². The van der Waals surface area contributed by atoms with Crippen molar-refractivity contribution in [2.24, 2.45) is 17.3 Å². The van der Waals surface area contributed by atoms with Crippen molar-refractivity contribution in [3.8, 4) is 0 Å². The summed E-state index contributed by atoms with van der Waals surface area (Å²) in [5.41, 5.74) is 0.867. The van der Waals surface area contributed by atoms with Crippen LogP contribution in [0.1, 0.15) is 73.1 Å². The first-order chi connectivity index (χ1) is 9.17.